The summed E-state index contributed by atoms with van der Waals surface area (Å²) >= 11 is 0. The molecule has 0 aliphatic rings. The van der Waals surface area contributed by atoms with E-state index >= 15 is 0 Å². The van der Waals surface area contributed by atoms with Crippen LogP contribution in [-0.2, 0) is 0 Å². The van der Waals surface area contributed by atoms with E-state index in [0.29, 0.717) is 17.4 Å². The Morgan fingerprint density at radius 2 is 1.80 bits per heavy atom. The standard InChI is InChI=1S/C13H7F4NO2/c14-12-5-9(7-19)11(6-18-12)8-1-3-10(4-2-8)20-13(15,16)17/h1-7H. The SMILES string of the molecule is O=Cc1cc(F)ncc1-c1ccc(OC(F)(F)F)cc1. The molecule has 0 atom stereocenters. The van der Waals surface area contributed by atoms with Crippen molar-refractivity contribution in [1.82, 2.24) is 4.98 Å². The Labute approximate surface area is 110 Å². The number of aromatic nitrogens is 1. The van der Waals surface area contributed by atoms with Gasteiger partial charge in [0.05, 0.1) is 0 Å². The maximum Gasteiger partial charge on any atom is 0.573 e. The number of aldehydes is 1. The molecule has 0 spiro atoms. The predicted octanol–water partition coefficient (Wildman–Crippen LogP) is 3.60. The van der Waals surface area contributed by atoms with Crippen LogP contribution in [-0.4, -0.2) is 17.6 Å². The molecule has 0 fully saturated rings. The van der Waals surface area contributed by atoms with Gasteiger partial charge in [-0.25, -0.2) is 4.98 Å². The summed E-state index contributed by atoms with van der Waals surface area (Å²) in [5, 5.41) is 0. The van der Waals surface area contributed by atoms with Gasteiger partial charge in [-0.15, -0.1) is 13.2 Å². The van der Waals surface area contributed by atoms with Crippen LogP contribution in [0.25, 0.3) is 11.1 Å². The fraction of sp³-hybridized carbons (Fsp3) is 0.0769. The van der Waals surface area contributed by atoms with E-state index in [2.05, 4.69) is 9.72 Å². The zero-order valence-electron chi connectivity index (χ0n) is 9.82. The van der Waals surface area contributed by atoms with E-state index in [1.54, 1.807) is 0 Å². The minimum absolute atomic E-state index is 0.0574. The van der Waals surface area contributed by atoms with Crippen LogP contribution >= 0.6 is 0 Å². The van der Waals surface area contributed by atoms with Gasteiger partial charge in [0, 0.05) is 23.4 Å². The lowest BCUT2D eigenvalue weighted by molar-refractivity contribution is -0.274. The van der Waals surface area contributed by atoms with Gasteiger partial charge in [0.25, 0.3) is 0 Å². The molecule has 2 aromatic rings. The molecule has 0 radical (unpaired) electrons. The minimum Gasteiger partial charge on any atom is -0.406 e. The van der Waals surface area contributed by atoms with Gasteiger partial charge in [0.1, 0.15) is 5.75 Å². The number of halogens is 4. The molecule has 3 nitrogen and oxygen atoms in total. The molecule has 0 unspecified atom stereocenters. The number of pyridine rings is 1. The van der Waals surface area contributed by atoms with Crippen molar-refractivity contribution in [2.75, 3.05) is 0 Å². The molecule has 1 aromatic heterocycles. The van der Waals surface area contributed by atoms with Crippen LogP contribution in [0.15, 0.2) is 36.5 Å². The van der Waals surface area contributed by atoms with Crippen molar-refractivity contribution in [2.45, 2.75) is 6.36 Å². The van der Waals surface area contributed by atoms with Gasteiger partial charge in [-0.2, -0.15) is 4.39 Å². The number of alkyl halides is 3. The van der Waals surface area contributed by atoms with Gasteiger partial charge in [0.2, 0.25) is 5.95 Å². The van der Waals surface area contributed by atoms with E-state index in [4.69, 9.17) is 0 Å². The van der Waals surface area contributed by atoms with Crippen LogP contribution < -0.4 is 4.74 Å². The second kappa shape index (κ2) is 5.28. The number of rotatable bonds is 3. The Hall–Kier alpha value is -2.44. The second-order valence-corrected chi connectivity index (χ2v) is 3.78. The quantitative estimate of drug-likeness (QED) is 0.491. The van der Waals surface area contributed by atoms with Crippen molar-refractivity contribution in [3.63, 3.8) is 0 Å². The first kappa shape index (κ1) is 14.0. The molecule has 0 aliphatic carbocycles. The molecule has 0 bridgehead atoms. The molecular formula is C13H7F4NO2. The summed E-state index contributed by atoms with van der Waals surface area (Å²) in [4.78, 5) is 14.2. The first-order chi connectivity index (χ1) is 9.39. The first-order valence-corrected chi connectivity index (χ1v) is 5.36. The van der Waals surface area contributed by atoms with Crippen molar-refractivity contribution in [3.05, 3.63) is 48.0 Å². The summed E-state index contributed by atoms with van der Waals surface area (Å²) in [5.74, 6) is -1.20. The first-order valence-electron chi connectivity index (χ1n) is 5.36. The predicted molar refractivity (Wildman–Crippen MR) is 61.7 cm³/mol. The Morgan fingerprint density at radius 3 is 2.35 bits per heavy atom. The highest BCUT2D eigenvalue weighted by Gasteiger charge is 2.30. The Balaban J connectivity index is 2.33. The van der Waals surface area contributed by atoms with E-state index in [9.17, 15) is 22.4 Å². The zero-order valence-corrected chi connectivity index (χ0v) is 9.82. The molecule has 7 heteroatoms. The number of hydrogen-bond acceptors (Lipinski definition) is 3. The second-order valence-electron chi connectivity index (χ2n) is 3.78. The number of hydrogen-bond donors (Lipinski definition) is 0. The molecule has 0 saturated carbocycles. The van der Waals surface area contributed by atoms with Gasteiger partial charge < -0.3 is 4.74 Å². The largest absolute Gasteiger partial charge is 0.573 e. The average Bonchev–Trinajstić information content (AvgIpc) is 2.38. The van der Waals surface area contributed by atoms with Gasteiger partial charge in [-0.1, -0.05) is 12.1 Å². The molecule has 20 heavy (non-hydrogen) atoms. The van der Waals surface area contributed by atoms with E-state index in [1.807, 2.05) is 0 Å². The van der Waals surface area contributed by atoms with Crippen molar-refractivity contribution in [2.24, 2.45) is 0 Å². The monoisotopic (exact) mass is 285 g/mol. The van der Waals surface area contributed by atoms with Crippen LogP contribution in [0.2, 0.25) is 0 Å². The van der Waals surface area contributed by atoms with Crippen LogP contribution in [0, 0.1) is 5.95 Å². The van der Waals surface area contributed by atoms with E-state index in [0.717, 1.165) is 24.4 Å². The number of ether oxygens (including phenoxy) is 1. The molecule has 104 valence electrons. The maximum atomic E-state index is 12.9. The van der Waals surface area contributed by atoms with E-state index < -0.39 is 12.3 Å². The summed E-state index contributed by atoms with van der Waals surface area (Å²) < 4.78 is 52.6. The third kappa shape index (κ3) is 3.31. The summed E-state index contributed by atoms with van der Waals surface area (Å²) in [5.41, 5.74) is 0.802. The van der Waals surface area contributed by atoms with Gasteiger partial charge in [-0.05, 0) is 17.7 Å². The number of benzene rings is 1. The molecule has 2 rings (SSSR count). The lowest BCUT2D eigenvalue weighted by Crippen LogP contribution is -2.16. The van der Waals surface area contributed by atoms with Crippen molar-refractivity contribution < 1.29 is 27.1 Å². The molecule has 0 saturated heterocycles. The van der Waals surface area contributed by atoms with Crippen molar-refractivity contribution in [3.8, 4) is 16.9 Å². The number of carbonyl (C=O) groups is 1. The average molecular weight is 285 g/mol. The lowest BCUT2D eigenvalue weighted by atomic mass is 10.0. The van der Waals surface area contributed by atoms with Crippen molar-refractivity contribution >= 4 is 6.29 Å². The lowest BCUT2D eigenvalue weighted by Gasteiger charge is -2.10. The van der Waals surface area contributed by atoms with E-state index in [1.165, 1.54) is 12.1 Å². The molecule has 0 aliphatic heterocycles. The highest BCUT2D eigenvalue weighted by atomic mass is 19.4. The minimum atomic E-state index is -4.77. The summed E-state index contributed by atoms with van der Waals surface area (Å²) in [6, 6.07) is 5.79. The fourth-order valence-corrected chi connectivity index (χ4v) is 1.62. The van der Waals surface area contributed by atoms with Gasteiger partial charge in [0.15, 0.2) is 6.29 Å². The highest BCUT2D eigenvalue weighted by Crippen LogP contribution is 2.27. The third-order valence-electron chi connectivity index (χ3n) is 2.43. The number of carbonyl (C=O) groups excluding carboxylic acids is 1. The molecule has 0 amide bonds. The third-order valence-corrected chi connectivity index (χ3v) is 2.43. The zero-order chi connectivity index (χ0) is 14.8. The molecule has 0 N–H and O–H groups in total. The van der Waals surface area contributed by atoms with Crippen LogP contribution in [0.1, 0.15) is 10.4 Å². The highest BCUT2D eigenvalue weighted by molar-refractivity contribution is 5.87. The molecule has 1 heterocycles. The summed E-state index contributed by atoms with van der Waals surface area (Å²) in [6.45, 7) is 0. The topological polar surface area (TPSA) is 39.2 Å². The maximum absolute atomic E-state index is 12.9. The normalized spacial score (nSPS) is 11.2. The summed E-state index contributed by atoms with van der Waals surface area (Å²) in [7, 11) is 0. The Kier molecular flexibility index (Phi) is 3.69. The van der Waals surface area contributed by atoms with Crippen LogP contribution in [0.3, 0.4) is 0 Å². The number of nitrogens with zero attached hydrogens (tertiary/aromatic N) is 1. The smallest absolute Gasteiger partial charge is 0.406 e. The van der Waals surface area contributed by atoms with E-state index in [-0.39, 0.29) is 11.3 Å². The van der Waals surface area contributed by atoms with Crippen LogP contribution in [0.4, 0.5) is 17.6 Å². The summed E-state index contributed by atoms with van der Waals surface area (Å²) in [6.07, 6.45) is -3.19. The Bertz CT molecular complexity index is 623. The van der Waals surface area contributed by atoms with Gasteiger partial charge in [-0.3, -0.25) is 4.79 Å². The van der Waals surface area contributed by atoms with Crippen LogP contribution in [0.5, 0.6) is 5.75 Å². The van der Waals surface area contributed by atoms with Crippen molar-refractivity contribution in [1.29, 1.82) is 0 Å². The fourth-order valence-electron chi connectivity index (χ4n) is 1.62. The van der Waals surface area contributed by atoms with Gasteiger partial charge >= 0.3 is 6.36 Å². The molecule has 1 aromatic carbocycles. The molecular weight excluding hydrogens is 278 g/mol. The Morgan fingerprint density at radius 1 is 1.15 bits per heavy atom.